The van der Waals surface area contributed by atoms with Crippen molar-refractivity contribution in [3.05, 3.63) is 28.7 Å². The first kappa shape index (κ1) is 11.7. The normalized spacial score (nSPS) is 9.67. The largest absolute Gasteiger partial charge is 0.466 e. The summed E-state index contributed by atoms with van der Waals surface area (Å²) in [6, 6.07) is 0. The molecule has 0 atom stereocenters. The molecule has 0 saturated heterocycles. The minimum Gasteiger partial charge on any atom is -0.466 e. The summed E-state index contributed by atoms with van der Waals surface area (Å²) < 4.78 is 4.84. The Kier molecular flexibility index (Phi) is 4.24. The average Bonchev–Trinajstić information content (AvgIpc) is 2.60. The van der Waals surface area contributed by atoms with Crippen LogP contribution >= 0.6 is 11.3 Å². The van der Waals surface area contributed by atoms with E-state index >= 15 is 0 Å². The molecule has 1 aromatic rings. The molecule has 0 bridgehead atoms. The van der Waals surface area contributed by atoms with Crippen LogP contribution in [0, 0.1) is 0 Å². The van der Waals surface area contributed by atoms with Crippen LogP contribution in [0.15, 0.2) is 13.2 Å². The molecule has 15 heavy (non-hydrogen) atoms. The third kappa shape index (κ3) is 3.02. The molecule has 0 radical (unpaired) electrons. The van der Waals surface area contributed by atoms with Gasteiger partial charge in [0.2, 0.25) is 0 Å². The first-order valence-electron chi connectivity index (χ1n) is 4.61. The number of esters is 1. The number of nitrogens with zero attached hydrogens (tertiary/aromatic N) is 1. The number of carbonyl (C=O) groups excluding carboxylic acids is 1. The Bertz CT molecular complexity index is 356. The van der Waals surface area contributed by atoms with E-state index in [1.807, 2.05) is 0 Å². The fourth-order valence-corrected chi connectivity index (χ4v) is 2.00. The zero-order valence-corrected chi connectivity index (χ0v) is 9.47. The molecule has 0 spiro atoms. The van der Waals surface area contributed by atoms with Crippen LogP contribution in [0.2, 0.25) is 0 Å². The van der Waals surface area contributed by atoms with Crippen molar-refractivity contribution >= 4 is 29.5 Å². The van der Waals surface area contributed by atoms with Crippen molar-refractivity contribution in [2.24, 2.45) is 0 Å². The van der Waals surface area contributed by atoms with Crippen molar-refractivity contribution < 1.29 is 9.53 Å². The lowest BCUT2D eigenvalue weighted by Gasteiger charge is -1.97. The van der Waals surface area contributed by atoms with Crippen LogP contribution in [0.5, 0.6) is 0 Å². The van der Waals surface area contributed by atoms with Crippen molar-refractivity contribution in [3.8, 4) is 0 Å². The Labute approximate surface area is 93.1 Å². The van der Waals surface area contributed by atoms with E-state index in [-0.39, 0.29) is 12.4 Å². The highest BCUT2D eigenvalue weighted by Gasteiger charge is 2.10. The fraction of sp³-hybridized carbons (Fsp3) is 0.273. The van der Waals surface area contributed by atoms with E-state index in [1.165, 1.54) is 11.3 Å². The van der Waals surface area contributed by atoms with E-state index in [4.69, 9.17) is 4.74 Å². The lowest BCUT2D eigenvalue weighted by atomic mass is 10.3. The summed E-state index contributed by atoms with van der Waals surface area (Å²) in [5.74, 6) is -0.252. The van der Waals surface area contributed by atoms with Gasteiger partial charge in [-0.15, -0.1) is 11.3 Å². The second-order valence-corrected chi connectivity index (χ2v) is 3.86. The number of hydrogen-bond acceptors (Lipinski definition) is 4. The standard InChI is InChI=1S/C11H13NO2S/c1-4-8-9(5-2)15-10(12-8)7-11(13)14-6-3/h4-5H,1-2,6-7H2,3H3. The van der Waals surface area contributed by atoms with Crippen LogP contribution in [0.4, 0.5) is 0 Å². The Morgan fingerprint density at radius 1 is 1.53 bits per heavy atom. The molecule has 1 rings (SSSR count). The predicted octanol–water partition coefficient (Wildman–Crippen LogP) is 2.53. The van der Waals surface area contributed by atoms with E-state index in [1.54, 1.807) is 19.1 Å². The van der Waals surface area contributed by atoms with E-state index in [2.05, 4.69) is 18.1 Å². The Hall–Kier alpha value is -1.42. The smallest absolute Gasteiger partial charge is 0.312 e. The summed E-state index contributed by atoms with van der Waals surface area (Å²) in [5, 5.41) is 0.734. The van der Waals surface area contributed by atoms with Crippen LogP contribution in [0.3, 0.4) is 0 Å². The molecule has 0 saturated carbocycles. The first-order valence-corrected chi connectivity index (χ1v) is 5.43. The van der Waals surface area contributed by atoms with Gasteiger partial charge in [0.15, 0.2) is 0 Å². The minimum atomic E-state index is -0.252. The quantitative estimate of drug-likeness (QED) is 0.720. The summed E-state index contributed by atoms with van der Waals surface area (Å²) in [6.07, 6.45) is 3.58. The maximum Gasteiger partial charge on any atom is 0.312 e. The summed E-state index contributed by atoms with van der Waals surface area (Å²) in [5.41, 5.74) is 0.772. The Balaban J connectivity index is 2.78. The van der Waals surface area contributed by atoms with E-state index in [0.717, 1.165) is 15.6 Å². The number of thiazole rings is 1. The number of hydrogen-bond donors (Lipinski definition) is 0. The van der Waals surface area contributed by atoms with Crippen molar-refractivity contribution in [2.45, 2.75) is 13.3 Å². The molecule has 1 aromatic heterocycles. The molecule has 1 heterocycles. The van der Waals surface area contributed by atoms with Gasteiger partial charge in [-0.2, -0.15) is 0 Å². The van der Waals surface area contributed by atoms with Crippen LogP contribution in [-0.2, 0) is 16.0 Å². The molecule has 0 aliphatic rings. The van der Waals surface area contributed by atoms with Crippen molar-refractivity contribution in [1.29, 1.82) is 0 Å². The van der Waals surface area contributed by atoms with Crippen molar-refractivity contribution in [1.82, 2.24) is 4.98 Å². The maximum absolute atomic E-state index is 11.2. The molecular weight excluding hydrogens is 210 g/mol. The van der Waals surface area contributed by atoms with Gasteiger partial charge in [0.1, 0.15) is 5.01 Å². The fourth-order valence-electron chi connectivity index (χ4n) is 1.10. The predicted molar refractivity (Wildman–Crippen MR) is 62.6 cm³/mol. The van der Waals surface area contributed by atoms with Gasteiger partial charge in [0.25, 0.3) is 0 Å². The third-order valence-electron chi connectivity index (χ3n) is 1.71. The summed E-state index contributed by atoms with van der Waals surface area (Å²) >= 11 is 1.44. The highest BCUT2D eigenvalue weighted by atomic mass is 32.1. The summed E-state index contributed by atoms with van der Waals surface area (Å²) in [7, 11) is 0. The number of rotatable bonds is 5. The molecule has 3 nitrogen and oxygen atoms in total. The van der Waals surface area contributed by atoms with Gasteiger partial charge in [-0.1, -0.05) is 13.2 Å². The zero-order chi connectivity index (χ0) is 11.3. The molecular formula is C11H13NO2S. The monoisotopic (exact) mass is 223 g/mol. The minimum absolute atomic E-state index is 0.215. The van der Waals surface area contributed by atoms with E-state index in [9.17, 15) is 4.79 Å². The van der Waals surface area contributed by atoms with Crippen molar-refractivity contribution in [3.63, 3.8) is 0 Å². The van der Waals surface area contributed by atoms with Crippen LogP contribution in [0.25, 0.3) is 12.2 Å². The molecule has 0 aromatic carbocycles. The molecule has 0 fully saturated rings. The molecule has 0 N–H and O–H groups in total. The van der Waals surface area contributed by atoms with E-state index in [0.29, 0.717) is 6.61 Å². The van der Waals surface area contributed by atoms with Crippen LogP contribution < -0.4 is 0 Å². The molecule has 4 heteroatoms. The van der Waals surface area contributed by atoms with Crippen LogP contribution in [0.1, 0.15) is 22.5 Å². The molecule has 0 aliphatic heterocycles. The van der Waals surface area contributed by atoms with Gasteiger partial charge < -0.3 is 4.74 Å². The SMILES string of the molecule is C=Cc1nc(CC(=O)OCC)sc1C=C. The third-order valence-corrected chi connectivity index (χ3v) is 2.77. The number of ether oxygens (including phenoxy) is 1. The zero-order valence-electron chi connectivity index (χ0n) is 8.66. The molecule has 80 valence electrons. The first-order chi connectivity index (χ1) is 7.21. The molecule has 0 aliphatic carbocycles. The van der Waals surface area contributed by atoms with E-state index < -0.39 is 0 Å². The van der Waals surface area contributed by atoms with Gasteiger partial charge in [0, 0.05) is 0 Å². The van der Waals surface area contributed by atoms with Gasteiger partial charge in [-0.25, -0.2) is 4.98 Å². The average molecular weight is 223 g/mol. The highest BCUT2D eigenvalue weighted by Crippen LogP contribution is 2.21. The Morgan fingerprint density at radius 2 is 2.27 bits per heavy atom. The van der Waals surface area contributed by atoms with Crippen LogP contribution in [-0.4, -0.2) is 17.6 Å². The number of aromatic nitrogens is 1. The van der Waals surface area contributed by atoms with Gasteiger partial charge in [-0.05, 0) is 19.1 Å². The number of carbonyl (C=O) groups is 1. The maximum atomic E-state index is 11.2. The lowest BCUT2D eigenvalue weighted by molar-refractivity contribution is -0.142. The Morgan fingerprint density at radius 3 is 2.73 bits per heavy atom. The van der Waals surface area contributed by atoms with Gasteiger partial charge in [-0.3, -0.25) is 4.79 Å². The molecule has 0 amide bonds. The summed E-state index contributed by atoms with van der Waals surface area (Å²) in [6.45, 7) is 9.50. The second kappa shape index (κ2) is 5.46. The van der Waals surface area contributed by atoms with Gasteiger partial charge in [0.05, 0.1) is 23.6 Å². The topological polar surface area (TPSA) is 39.2 Å². The highest BCUT2D eigenvalue weighted by molar-refractivity contribution is 7.12. The summed E-state index contributed by atoms with van der Waals surface area (Å²) in [4.78, 5) is 16.4. The molecule has 0 unspecified atom stereocenters. The van der Waals surface area contributed by atoms with Crippen molar-refractivity contribution in [2.75, 3.05) is 6.61 Å². The second-order valence-electron chi connectivity index (χ2n) is 2.75. The van der Waals surface area contributed by atoms with Gasteiger partial charge >= 0.3 is 5.97 Å². The lowest BCUT2D eigenvalue weighted by Crippen LogP contribution is -2.07.